The first-order valence-corrected chi connectivity index (χ1v) is 4.53. The smallest absolute Gasteiger partial charge is 0.457 e. The molecule has 0 aliphatic carbocycles. The van der Waals surface area contributed by atoms with E-state index in [1.54, 1.807) is 6.92 Å². The number of hydrogen-bond acceptors (Lipinski definition) is 3. The van der Waals surface area contributed by atoms with E-state index in [0.717, 1.165) is 0 Å². The van der Waals surface area contributed by atoms with E-state index < -0.39 is 13.3 Å². The first-order chi connectivity index (χ1) is 4.98. The summed E-state index contributed by atoms with van der Waals surface area (Å²) in [4.78, 5) is 26.2. The molecule has 0 fully saturated rings. The molecule has 5 nitrogen and oxygen atoms in total. The maximum absolute atomic E-state index is 10.1. The fourth-order valence-electron chi connectivity index (χ4n) is 0.208. The van der Waals surface area contributed by atoms with Gasteiger partial charge in [-0.25, -0.2) is 9.36 Å². The van der Waals surface area contributed by atoms with Gasteiger partial charge in [-0.3, -0.25) is 0 Å². The number of rotatable bonds is 2. The molecule has 0 atom stereocenters. The molecular weight excluding hydrogens is 194 g/mol. The van der Waals surface area contributed by atoms with E-state index in [1.807, 2.05) is 0 Å². The summed E-state index contributed by atoms with van der Waals surface area (Å²) in [5, 5.41) is 0. The zero-order valence-corrected chi connectivity index (χ0v) is 10.4. The molecular formula is C5H12NaO5P. The van der Waals surface area contributed by atoms with Gasteiger partial charge in [0.2, 0.25) is 0 Å². The van der Waals surface area contributed by atoms with Crippen LogP contribution in [0.25, 0.3) is 0 Å². The Morgan fingerprint density at radius 2 is 1.83 bits per heavy atom. The molecule has 0 spiro atoms. The fraction of sp³-hybridized carbons (Fsp3) is 0.600. The van der Waals surface area contributed by atoms with Crippen LogP contribution in [0, 0.1) is 6.92 Å². The maximum Gasteiger partial charge on any atom is 1.00 e. The minimum Gasteiger partial charge on any atom is -0.457 e. The third-order valence-electron chi connectivity index (χ3n) is 0.506. The molecule has 0 rings (SSSR count). The molecule has 0 bridgehead atoms. The third-order valence-corrected chi connectivity index (χ3v) is 1.11. The zero-order chi connectivity index (χ0) is 9.49. The molecule has 0 aliphatic rings. The maximum atomic E-state index is 10.1. The van der Waals surface area contributed by atoms with Gasteiger partial charge in [-0.05, 0) is 6.92 Å². The van der Waals surface area contributed by atoms with Gasteiger partial charge in [-0.15, -0.1) is 0 Å². The Hall–Kier alpha value is 0.620. The van der Waals surface area contributed by atoms with Gasteiger partial charge in [0.25, 0.3) is 0 Å². The van der Waals surface area contributed by atoms with Crippen LogP contribution in [0.5, 0.6) is 0 Å². The quantitative estimate of drug-likeness (QED) is 0.315. The molecule has 0 saturated carbocycles. The van der Waals surface area contributed by atoms with Crippen LogP contribution in [0.4, 0.5) is 4.79 Å². The van der Waals surface area contributed by atoms with Gasteiger partial charge in [0.05, 0.1) is 6.61 Å². The SMILES string of the molecule is CCOC(=O)P(=O)(O)O.[CH2-]C.[Na+]. The monoisotopic (exact) mass is 206 g/mol. The van der Waals surface area contributed by atoms with E-state index in [9.17, 15) is 9.36 Å². The van der Waals surface area contributed by atoms with Crippen molar-refractivity contribution in [3.05, 3.63) is 6.92 Å². The molecule has 0 radical (unpaired) electrons. The molecule has 0 amide bonds. The summed E-state index contributed by atoms with van der Waals surface area (Å²) >= 11 is 0. The number of ether oxygens (including phenoxy) is 1. The molecule has 0 unspecified atom stereocenters. The van der Waals surface area contributed by atoms with Crippen LogP contribution in [0.3, 0.4) is 0 Å². The second kappa shape index (κ2) is 9.71. The number of carbonyl (C=O) groups excluding carboxylic acids is 1. The zero-order valence-electron chi connectivity index (χ0n) is 7.48. The molecule has 68 valence electrons. The van der Waals surface area contributed by atoms with Gasteiger partial charge in [0, 0.05) is 0 Å². The Kier molecular flexibility index (Phi) is 14.9. The van der Waals surface area contributed by atoms with Crippen molar-refractivity contribution >= 4 is 13.3 Å². The van der Waals surface area contributed by atoms with E-state index in [1.165, 1.54) is 6.92 Å². The van der Waals surface area contributed by atoms with Gasteiger partial charge >= 0.3 is 42.9 Å². The van der Waals surface area contributed by atoms with Crippen molar-refractivity contribution in [2.24, 2.45) is 0 Å². The topological polar surface area (TPSA) is 83.8 Å². The summed E-state index contributed by atoms with van der Waals surface area (Å²) in [5.74, 6) is 0. The van der Waals surface area contributed by atoms with Crippen molar-refractivity contribution in [1.29, 1.82) is 0 Å². The van der Waals surface area contributed by atoms with Crippen molar-refractivity contribution in [3.63, 3.8) is 0 Å². The van der Waals surface area contributed by atoms with Crippen molar-refractivity contribution in [2.75, 3.05) is 6.61 Å². The van der Waals surface area contributed by atoms with Crippen LogP contribution < -0.4 is 29.6 Å². The molecule has 12 heavy (non-hydrogen) atoms. The van der Waals surface area contributed by atoms with E-state index in [4.69, 9.17) is 9.79 Å². The Morgan fingerprint density at radius 1 is 1.50 bits per heavy atom. The van der Waals surface area contributed by atoms with Gasteiger partial charge in [0.1, 0.15) is 0 Å². The van der Waals surface area contributed by atoms with Crippen molar-refractivity contribution < 1.29 is 53.4 Å². The Bertz CT molecular complexity index is 154. The average molecular weight is 206 g/mol. The van der Waals surface area contributed by atoms with Crippen molar-refractivity contribution in [2.45, 2.75) is 13.8 Å². The van der Waals surface area contributed by atoms with E-state index in [2.05, 4.69) is 11.7 Å². The van der Waals surface area contributed by atoms with Crippen LogP contribution in [0.2, 0.25) is 0 Å². The molecule has 0 aromatic carbocycles. The molecule has 0 heterocycles. The first kappa shape index (κ1) is 18.4. The van der Waals surface area contributed by atoms with Gasteiger partial charge in [0.15, 0.2) is 0 Å². The molecule has 7 heteroatoms. The van der Waals surface area contributed by atoms with Crippen LogP contribution in [-0.2, 0) is 9.30 Å². The Balaban J connectivity index is -0.000000249. The van der Waals surface area contributed by atoms with E-state index >= 15 is 0 Å². The van der Waals surface area contributed by atoms with Crippen LogP contribution in [-0.4, -0.2) is 22.1 Å². The average Bonchev–Trinajstić information content (AvgIpc) is 1.91. The number of hydrogen-bond donors (Lipinski definition) is 2. The largest absolute Gasteiger partial charge is 1.00 e. The van der Waals surface area contributed by atoms with E-state index in [0.29, 0.717) is 0 Å². The summed E-state index contributed by atoms with van der Waals surface area (Å²) in [5.41, 5.74) is -1.47. The molecule has 0 saturated heterocycles. The van der Waals surface area contributed by atoms with Crippen molar-refractivity contribution in [3.8, 4) is 0 Å². The van der Waals surface area contributed by atoms with Gasteiger partial charge < -0.3 is 21.4 Å². The van der Waals surface area contributed by atoms with Gasteiger partial charge in [-0.2, -0.15) is 6.92 Å². The van der Waals surface area contributed by atoms with Crippen LogP contribution in [0.1, 0.15) is 13.8 Å². The predicted octanol–water partition coefficient (Wildman–Crippen LogP) is -1.84. The summed E-state index contributed by atoms with van der Waals surface area (Å²) < 4.78 is 13.9. The summed E-state index contributed by atoms with van der Waals surface area (Å²) in [7, 11) is -4.63. The Morgan fingerprint density at radius 3 is 1.92 bits per heavy atom. The Labute approximate surface area is 93.9 Å². The second-order valence-corrected chi connectivity index (χ2v) is 2.70. The molecule has 0 aliphatic heterocycles. The minimum atomic E-state index is -4.63. The second-order valence-electron chi connectivity index (χ2n) is 1.24. The van der Waals surface area contributed by atoms with E-state index in [-0.39, 0.29) is 36.2 Å². The van der Waals surface area contributed by atoms with Crippen LogP contribution in [0.15, 0.2) is 0 Å². The summed E-state index contributed by atoms with van der Waals surface area (Å²) in [6, 6.07) is 0. The molecule has 0 aromatic heterocycles. The number of carbonyl (C=O) groups is 1. The standard InChI is InChI=1S/C3H7O5P.C2H5.Na/c1-2-8-3(4)9(5,6)7;1-2;/h2H2,1H3,(H2,5,6,7);1H2,2H3;/q;-1;+1. The molecule has 0 aromatic rings. The summed E-state index contributed by atoms with van der Waals surface area (Å²) in [6.07, 6.45) is 0. The predicted molar refractivity (Wildman–Crippen MR) is 40.1 cm³/mol. The van der Waals surface area contributed by atoms with Gasteiger partial charge in [-0.1, -0.05) is 0 Å². The fourth-order valence-corrected chi connectivity index (χ4v) is 0.505. The normalized spacial score (nSPS) is 8.75. The van der Waals surface area contributed by atoms with Crippen LogP contribution >= 0.6 is 7.60 Å². The first-order valence-electron chi connectivity index (χ1n) is 2.92. The molecule has 2 N–H and O–H groups in total. The third kappa shape index (κ3) is 10.6. The summed E-state index contributed by atoms with van der Waals surface area (Å²) in [6.45, 7) is 6.44. The minimum absolute atomic E-state index is 0. The van der Waals surface area contributed by atoms with Crippen molar-refractivity contribution in [1.82, 2.24) is 0 Å².